The van der Waals surface area contributed by atoms with Crippen molar-refractivity contribution in [1.29, 1.82) is 0 Å². The third kappa shape index (κ3) is 2.27. The van der Waals surface area contributed by atoms with E-state index in [-0.39, 0.29) is 31.3 Å². The number of piperidine rings is 2. The molecule has 1 spiro atoms. The molecule has 3 saturated heterocycles. The number of fused-ring (bicyclic) bond motifs is 5. The van der Waals surface area contributed by atoms with Gasteiger partial charge in [-0.05, 0) is 51.4 Å². The van der Waals surface area contributed by atoms with Gasteiger partial charge in [0.2, 0.25) is 0 Å². The molecule has 0 aromatic carbocycles. The molecule has 7 rings (SSSR count). The summed E-state index contributed by atoms with van der Waals surface area (Å²) < 4.78 is 6.52. The van der Waals surface area contributed by atoms with Crippen molar-refractivity contribution in [3.8, 4) is 0 Å². The van der Waals surface area contributed by atoms with E-state index in [1.807, 2.05) is 6.92 Å². The van der Waals surface area contributed by atoms with E-state index in [4.69, 9.17) is 4.74 Å². The van der Waals surface area contributed by atoms with Gasteiger partial charge in [0.05, 0.1) is 11.7 Å². The van der Waals surface area contributed by atoms with E-state index in [1.54, 1.807) is 6.92 Å². The highest BCUT2D eigenvalue weighted by Crippen LogP contribution is 2.78. The summed E-state index contributed by atoms with van der Waals surface area (Å²) in [5, 5.41) is 83.2. The van der Waals surface area contributed by atoms with Gasteiger partial charge in [-0.1, -0.05) is 13.8 Å². The molecule has 36 heavy (non-hydrogen) atoms. The summed E-state index contributed by atoms with van der Waals surface area (Å²) in [7, 11) is 0. The van der Waals surface area contributed by atoms with Crippen LogP contribution in [-0.4, -0.2) is 106 Å². The number of hydrogen-bond donors (Lipinski definition) is 7. The molecule has 0 aromatic rings. The summed E-state index contributed by atoms with van der Waals surface area (Å²) in [6.07, 6.45) is 0.752. The van der Waals surface area contributed by atoms with Gasteiger partial charge in [0.15, 0.2) is 5.79 Å². The molecule has 9 nitrogen and oxygen atoms in total. The average Bonchev–Trinajstić information content (AvgIpc) is 2.97. The maximum Gasteiger partial charge on any atom is 0.196 e. The van der Waals surface area contributed by atoms with Crippen LogP contribution in [0.25, 0.3) is 0 Å². The summed E-state index contributed by atoms with van der Waals surface area (Å²) in [6, 6.07) is -0.360. The zero-order valence-corrected chi connectivity index (χ0v) is 21.6. The Morgan fingerprint density at radius 2 is 1.47 bits per heavy atom. The molecule has 0 unspecified atom stereocenters. The molecule has 0 aromatic heterocycles. The van der Waals surface area contributed by atoms with E-state index in [9.17, 15) is 35.7 Å². The topological polar surface area (TPSA) is 154 Å². The van der Waals surface area contributed by atoms with Gasteiger partial charge in [-0.25, -0.2) is 0 Å². The fourth-order valence-corrected chi connectivity index (χ4v) is 11.3. The Labute approximate surface area is 212 Å². The number of aliphatic hydroxyl groups is 7. The fraction of sp³-hybridized carbons (Fsp3) is 1.00. The fourth-order valence-electron chi connectivity index (χ4n) is 11.3. The lowest BCUT2D eigenvalue weighted by Crippen LogP contribution is -2.85. The smallest absolute Gasteiger partial charge is 0.196 e. The second kappa shape index (κ2) is 6.67. The van der Waals surface area contributed by atoms with Gasteiger partial charge in [0.25, 0.3) is 0 Å². The highest BCUT2D eigenvalue weighted by Gasteiger charge is 2.88. The Hall–Kier alpha value is -0.360. The quantitative estimate of drug-likeness (QED) is 0.228. The molecule has 204 valence electrons. The first-order chi connectivity index (χ1) is 16.6. The lowest BCUT2D eigenvalue weighted by Gasteiger charge is -2.68. The molecule has 3 aliphatic heterocycles. The Morgan fingerprint density at radius 3 is 2.19 bits per heavy atom. The van der Waals surface area contributed by atoms with Crippen molar-refractivity contribution in [2.75, 3.05) is 13.1 Å². The van der Waals surface area contributed by atoms with Crippen LogP contribution >= 0.6 is 0 Å². The van der Waals surface area contributed by atoms with Gasteiger partial charge in [-0.15, -0.1) is 0 Å². The minimum absolute atomic E-state index is 0.0208. The monoisotopic (exact) mass is 509 g/mol. The molecular weight excluding hydrogens is 466 g/mol. The van der Waals surface area contributed by atoms with E-state index >= 15 is 0 Å². The van der Waals surface area contributed by atoms with Crippen molar-refractivity contribution in [3.05, 3.63) is 0 Å². The first-order valence-electron chi connectivity index (χ1n) is 14.0. The van der Waals surface area contributed by atoms with Crippen molar-refractivity contribution in [3.63, 3.8) is 0 Å². The summed E-state index contributed by atoms with van der Waals surface area (Å²) in [4.78, 5) is 2.12. The second-order valence-corrected chi connectivity index (χ2v) is 14.3. The molecule has 9 heteroatoms. The number of nitrogens with zero attached hydrogens (tertiary/aromatic N) is 1. The number of hydrogen-bond acceptors (Lipinski definition) is 9. The Morgan fingerprint density at radius 1 is 0.778 bits per heavy atom. The molecule has 4 aliphatic carbocycles. The predicted molar refractivity (Wildman–Crippen MR) is 126 cm³/mol. The van der Waals surface area contributed by atoms with Crippen LogP contribution < -0.4 is 0 Å². The lowest BCUT2D eigenvalue weighted by molar-refractivity contribution is -0.354. The molecule has 0 amide bonds. The summed E-state index contributed by atoms with van der Waals surface area (Å²) >= 11 is 0. The van der Waals surface area contributed by atoms with Gasteiger partial charge in [-0.3, -0.25) is 4.90 Å². The highest BCUT2D eigenvalue weighted by atomic mass is 16.7. The maximum absolute atomic E-state index is 12.7. The average molecular weight is 510 g/mol. The van der Waals surface area contributed by atoms with E-state index < -0.39 is 63.3 Å². The maximum atomic E-state index is 12.7. The van der Waals surface area contributed by atoms with E-state index in [0.29, 0.717) is 44.6 Å². The van der Waals surface area contributed by atoms with Crippen LogP contribution in [-0.2, 0) is 4.74 Å². The van der Waals surface area contributed by atoms with Gasteiger partial charge >= 0.3 is 0 Å². The molecule has 0 radical (unpaired) electrons. The molecule has 7 N–H and O–H groups in total. The van der Waals surface area contributed by atoms with Crippen LogP contribution in [0, 0.1) is 29.1 Å². The first kappa shape index (κ1) is 24.7. The predicted octanol–water partition coefficient (Wildman–Crippen LogP) is -0.526. The zero-order chi connectivity index (χ0) is 25.9. The SMILES string of the molecule is C[C@H]1CC[C@@H]2N(C1)C[C@@H]1[C@](O)([C@@H](O)C[C@@]3(O)[C@@H]4CC[C@@H]5[C@]6(O)O[C@]4(C[C@@]13O)[C@@]5(C)CC[C@H]6O)[C@]2(C)O. The first-order valence-corrected chi connectivity index (χ1v) is 14.0. The second-order valence-electron chi connectivity index (χ2n) is 14.3. The van der Waals surface area contributed by atoms with Crippen LogP contribution in [0.1, 0.15) is 72.1 Å². The van der Waals surface area contributed by atoms with Crippen molar-refractivity contribution >= 4 is 0 Å². The molecule has 4 bridgehead atoms. The molecule has 14 atom stereocenters. The highest BCUT2D eigenvalue weighted by molar-refractivity contribution is 5.37. The normalized spacial score (nSPS) is 68.0. The van der Waals surface area contributed by atoms with Crippen LogP contribution in [0.2, 0.25) is 0 Å². The van der Waals surface area contributed by atoms with Crippen molar-refractivity contribution < 1.29 is 40.5 Å². The van der Waals surface area contributed by atoms with Crippen molar-refractivity contribution in [2.24, 2.45) is 29.1 Å². The molecule has 7 aliphatic rings. The Kier molecular flexibility index (Phi) is 4.57. The molecule has 3 heterocycles. The van der Waals surface area contributed by atoms with Crippen molar-refractivity contribution in [1.82, 2.24) is 4.90 Å². The zero-order valence-electron chi connectivity index (χ0n) is 21.6. The van der Waals surface area contributed by atoms with E-state index in [0.717, 1.165) is 6.42 Å². The minimum atomic E-state index is -2.02. The van der Waals surface area contributed by atoms with Crippen LogP contribution in [0.5, 0.6) is 0 Å². The summed E-state index contributed by atoms with van der Waals surface area (Å²) in [6.45, 7) is 6.70. The third-order valence-corrected chi connectivity index (χ3v) is 13.1. The molecular formula is C27H43NO8. The molecule has 4 saturated carbocycles. The number of aliphatic hydroxyl groups excluding tert-OH is 2. The standard InChI is InChI=1S/C27H43NO8/c1-14-4-7-18-22(3,31)26(34)17(12-28(18)11-14)24(33)13-25-16(23(24,32)10-20(26)30)6-5-15-21(25,2)9-8-19(29)27(15,35)36-25/h14-20,29-35H,4-13H2,1-3H3/t14-,15-,16-,17-,18-,19+,20-,21-,22+,23+,24+,25-,26-,27-/m0/s1. The van der Waals surface area contributed by atoms with Crippen molar-refractivity contribution in [2.45, 2.75) is 124 Å². The third-order valence-electron chi connectivity index (χ3n) is 13.1. The largest absolute Gasteiger partial charge is 0.390 e. The number of ether oxygens (including phenoxy) is 1. The summed E-state index contributed by atoms with van der Waals surface area (Å²) in [5.41, 5.74) is -9.07. The number of rotatable bonds is 0. The Bertz CT molecular complexity index is 995. The van der Waals surface area contributed by atoms with Gasteiger partial charge < -0.3 is 40.5 Å². The van der Waals surface area contributed by atoms with Gasteiger partial charge in [-0.2, -0.15) is 0 Å². The summed E-state index contributed by atoms with van der Waals surface area (Å²) in [5.74, 6) is -3.30. The van der Waals surface area contributed by atoms with Crippen LogP contribution in [0.15, 0.2) is 0 Å². The van der Waals surface area contributed by atoms with Crippen LogP contribution in [0.4, 0.5) is 0 Å². The molecule has 7 fully saturated rings. The van der Waals surface area contributed by atoms with Crippen LogP contribution in [0.3, 0.4) is 0 Å². The van der Waals surface area contributed by atoms with E-state index in [2.05, 4.69) is 11.8 Å². The van der Waals surface area contributed by atoms with E-state index in [1.165, 1.54) is 0 Å². The van der Waals surface area contributed by atoms with Gasteiger partial charge in [0.1, 0.15) is 28.5 Å². The van der Waals surface area contributed by atoms with Gasteiger partial charge in [0, 0.05) is 55.1 Å². The lowest BCUT2D eigenvalue weighted by atomic mass is 9.49. The Balaban J connectivity index is 1.39. The minimum Gasteiger partial charge on any atom is -0.390 e.